The second kappa shape index (κ2) is 5.81. The van der Waals surface area contributed by atoms with Crippen LogP contribution in [0.3, 0.4) is 0 Å². The zero-order valence-electron chi connectivity index (χ0n) is 14.0. The molecule has 1 aliphatic rings. The number of hydrogen-bond acceptors (Lipinski definition) is 1. The maximum absolute atomic E-state index is 12.4. The summed E-state index contributed by atoms with van der Waals surface area (Å²) in [5.74, 6) is 0.756. The molecule has 19 heavy (non-hydrogen) atoms. The van der Waals surface area contributed by atoms with Gasteiger partial charge in [0.1, 0.15) is 5.78 Å². The number of ketones is 1. The highest BCUT2D eigenvalue weighted by Gasteiger charge is 2.36. The van der Waals surface area contributed by atoms with Crippen molar-refractivity contribution in [3.63, 3.8) is 0 Å². The van der Waals surface area contributed by atoms with E-state index in [2.05, 4.69) is 48.5 Å². The number of carbonyl (C=O) groups is 1. The van der Waals surface area contributed by atoms with Crippen LogP contribution in [0, 0.1) is 16.7 Å². The highest BCUT2D eigenvalue weighted by Crippen LogP contribution is 2.45. The molecule has 0 radical (unpaired) electrons. The van der Waals surface area contributed by atoms with Crippen LogP contribution in [0.2, 0.25) is 0 Å². The molecule has 110 valence electrons. The lowest BCUT2D eigenvalue weighted by molar-refractivity contribution is -0.123. The Morgan fingerprint density at radius 1 is 1.00 bits per heavy atom. The van der Waals surface area contributed by atoms with Crippen LogP contribution in [-0.2, 0) is 4.79 Å². The maximum Gasteiger partial charge on any atom is 0.140 e. The fourth-order valence-electron chi connectivity index (χ4n) is 3.10. The van der Waals surface area contributed by atoms with Crippen molar-refractivity contribution >= 4 is 5.78 Å². The van der Waals surface area contributed by atoms with Gasteiger partial charge in [0.05, 0.1) is 0 Å². The van der Waals surface area contributed by atoms with E-state index in [1.807, 2.05) is 0 Å². The summed E-state index contributed by atoms with van der Waals surface area (Å²) >= 11 is 0. The average Bonchev–Trinajstić information content (AvgIpc) is 2.24. The van der Waals surface area contributed by atoms with Crippen molar-refractivity contribution in [2.24, 2.45) is 16.7 Å². The van der Waals surface area contributed by atoms with Gasteiger partial charge < -0.3 is 0 Å². The lowest BCUT2D eigenvalue weighted by atomic mass is 9.66. The Balaban J connectivity index is 3.09. The monoisotopic (exact) mass is 264 g/mol. The summed E-state index contributed by atoms with van der Waals surface area (Å²) in [5.41, 5.74) is 3.25. The van der Waals surface area contributed by atoms with Gasteiger partial charge in [0, 0.05) is 12.3 Å². The first kappa shape index (κ1) is 16.5. The lowest BCUT2D eigenvalue weighted by Crippen LogP contribution is -2.31. The molecular weight excluding hydrogens is 232 g/mol. The highest BCUT2D eigenvalue weighted by molar-refractivity contribution is 5.85. The van der Waals surface area contributed by atoms with Gasteiger partial charge in [0.2, 0.25) is 0 Å². The summed E-state index contributed by atoms with van der Waals surface area (Å²) in [4.78, 5) is 12.4. The fraction of sp³-hybridized carbons (Fsp3) is 0.833. The third-order valence-corrected chi connectivity index (χ3v) is 4.34. The Kier molecular flexibility index (Phi) is 5.03. The standard InChI is InChI=1S/C18H32O/c1-8-9-10-13-11-14(17(2,3)4)15(12-16(13)19)18(5,6)7/h13H,8-12H2,1-7H3. The second-order valence-electron chi connectivity index (χ2n) is 8.14. The van der Waals surface area contributed by atoms with Gasteiger partial charge >= 0.3 is 0 Å². The number of unbranched alkanes of at least 4 members (excludes halogenated alkanes) is 1. The fourth-order valence-corrected chi connectivity index (χ4v) is 3.10. The Morgan fingerprint density at radius 3 is 1.95 bits per heavy atom. The summed E-state index contributed by atoms with van der Waals surface area (Å²) < 4.78 is 0. The Morgan fingerprint density at radius 2 is 1.53 bits per heavy atom. The third-order valence-electron chi connectivity index (χ3n) is 4.34. The molecule has 1 unspecified atom stereocenters. The minimum absolute atomic E-state index is 0.119. The Bertz CT molecular complexity index is 360. The number of hydrogen-bond donors (Lipinski definition) is 0. The van der Waals surface area contributed by atoms with Crippen LogP contribution < -0.4 is 0 Å². The molecule has 0 fully saturated rings. The second-order valence-corrected chi connectivity index (χ2v) is 8.14. The minimum Gasteiger partial charge on any atom is -0.299 e. The van der Waals surface area contributed by atoms with E-state index >= 15 is 0 Å². The van der Waals surface area contributed by atoms with E-state index < -0.39 is 0 Å². The number of carbonyl (C=O) groups excluding carboxylic acids is 1. The number of allylic oxidation sites excluding steroid dienone is 2. The van der Waals surface area contributed by atoms with Gasteiger partial charge in [0.15, 0.2) is 0 Å². The molecule has 0 aromatic rings. The van der Waals surface area contributed by atoms with Crippen LogP contribution in [0.4, 0.5) is 0 Å². The third kappa shape index (κ3) is 4.19. The van der Waals surface area contributed by atoms with Crippen LogP contribution in [0.5, 0.6) is 0 Å². The Labute approximate surface area is 119 Å². The molecule has 0 bridgehead atoms. The number of rotatable bonds is 3. The van der Waals surface area contributed by atoms with Crippen LogP contribution in [-0.4, -0.2) is 5.78 Å². The quantitative estimate of drug-likeness (QED) is 0.611. The zero-order valence-corrected chi connectivity index (χ0v) is 14.0. The molecule has 0 N–H and O–H groups in total. The van der Waals surface area contributed by atoms with Gasteiger partial charge in [-0.05, 0) is 23.7 Å². The van der Waals surface area contributed by atoms with Crippen LogP contribution in [0.1, 0.15) is 80.6 Å². The topological polar surface area (TPSA) is 17.1 Å². The van der Waals surface area contributed by atoms with E-state index in [9.17, 15) is 4.79 Å². The van der Waals surface area contributed by atoms with Crippen molar-refractivity contribution in [2.75, 3.05) is 0 Å². The van der Waals surface area contributed by atoms with Crippen molar-refractivity contribution < 1.29 is 4.79 Å². The molecule has 0 aromatic carbocycles. The molecule has 1 heteroatoms. The minimum atomic E-state index is 0.119. The van der Waals surface area contributed by atoms with Crippen LogP contribution >= 0.6 is 0 Å². The molecule has 1 atom stereocenters. The summed E-state index contributed by atoms with van der Waals surface area (Å²) in [6.45, 7) is 15.8. The van der Waals surface area contributed by atoms with E-state index in [-0.39, 0.29) is 16.7 Å². The van der Waals surface area contributed by atoms with Gasteiger partial charge in [-0.15, -0.1) is 0 Å². The van der Waals surface area contributed by atoms with Crippen molar-refractivity contribution in [3.8, 4) is 0 Å². The predicted octanol–water partition coefficient (Wildman–Crippen LogP) is 5.54. The lowest BCUT2D eigenvalue weighted by Gasteiger charge is -2.39. The van der Waals surface area contributed by atoms with Gasteiger partial charge in [-0.3, -0.25) is 4.79 Å². The molecular formula is C18H32O. The van der Waals surface area contributed by atoms with Crippen molar-refractivity contribution in [2.45, 2.75) is 80.6 Å². The first-order valence-electron chi connectivity index (χ1n) is 7.83. The van der Waals surface area contributed by atoms with Gasteiger partial charge in [-0.2, -0.15) is 0 Å². The SMILES string of the molecule is CCCCC1CC(C(C)(C)C)=C(C(C)(C)C)CC1=O. The summed E-state index contributed by atoms with van der Waals surface area (Å²) in [7, 11) is 0. The van der Waals surface area contributed by atoms with Crippen LogP contribution in [0.15, 0.2) is 11.1 Å². The van der Waals surface area contributed by atoms with E-state index in [0.29, 0.717) is 12.2 Å². The normalized spacial score (nSPS) is 22.1. The van der Waals surface area contributed by atoms with Crippen LogP contribution in [0.25, 0.3) is 0 Å². The highest BCUT2D eigenvalue weighted by atomic mass is 16.1. The Hall–Kier alpha value is -0.590. The molecule has 0 saturated heterocycles. The molecule has 1 rings (SSSR count). The molecule has 1 aliphatic carbocycles. The summed E-state index contributed by atoms with van der Waals surface area (Å²) in [5, 5.41) is 0. The first-order chi connectivity index (χ1) is 8.57. The maximum atomic E-state index is 12.4. The first-order valence-corrected chi connectivity index (χ1v) is 7.83. The van der Waals surface area contributed by atoms with Crippen molar-refractivity contribution in [1.82, 2.24) is 0 Å². The van der Waals surface area contributed by atoms with Gasteiger partial charge in [-0.25, -0.2) is 0 Å². The van der Waals surface area contributed by atoms with Crippen molar-refractivity contribution in [3.05, 3.63) is 11.1 Å². The molecule has 0 aliphatic heterocycles. The smallest absolute Gasteiger partial charge is 0.140 e. The average molecular weight is 264 g/mol. The van der Waals surface area contributed by atoms with E-state index in [4.69, 9.17) is 0 Å². The molecule has 0 spiro atoms. The summed E-state index contributed by atoms with van der Waals surface area (Å²) in [6.07, 6.45) is 5.12. The molecule has 0 saturated carbocycles. The molecule has 0 aromatic heterocycles. The van der Waals surface area contributed by atoms with Crippen molar-refractivity contribution in [1.29, 1.82) is 0 Å². The molecule has 0 amide bonds. The largest absolute Gasteiger partial charge is 0.299 e. The zero-order chi connectivity index (χ0) is 14.8. The summed E-state index contributed by atoms with van der Waals surface area (Å²) in [6, 6.07) is 0. The molecule has 1 nitrogen and oxygen atoms in total. The van der Waals surface area contributed by atoms with E-state index in [1.54, 1.807) is 5.57 Å². The number of Topliss-reactive ketones (excluding diaryl/α,β-unsaturated/α-hetero) is 1. The van der Waals surface area contributed by atoms with Gasteiger partial charge in [0.25, 0.3) is 0 Å². The van der Waals surface area contributed by atoms with E-state index in [0.717, 1.165) is 12.8 Å². The van der Waals surface area contributed by atoms with Gasteiger partial charge in [-0.1, -0.05) is 72.5 Å². The predicted molar refractivity (Wildman–Crippen MR) is 83.2 cm³/mol. The van der Waals surface area contributed by atoms with E-state index in [1.165, 1.54) is 18.4 Å². The molecule has 0 heterocycles.